The first-order valence-electron chi connectivity index (χ1n) is 6.51. The van der Waals surface area contributed by atoms with E-state index in [9.17, 15) is 17.6 Å². The highest BCUT2D eigenvalue weighted by Gasteiger charge is 2.26. The van der Waals surface area contributed by atoms with Crippen molar-refractivity contribution in [3.63, 3.8) is 0 Å². The number of nitrogens with one attached hydrogen (secondary N) is 1. The summed E-state index contributed by atoms with van der Waals surface area (Å²) in [6.07, 6.45) is 0.546. The molecule has 8 heteroatoms. The minimum Gasteiger partial charge on any atom is -0.395 e. The molecule has 0 aliphatic rings. The van der Waals surface area contributed by atoms with Gasteiger partial charge < -0.3 is 10.4 Å². The van der Waals surface area contributed by atoms with Crippen molar-refractivity contribution in [2.24, 2.45) is 0 Å². The highest BCUT2D eigenvalue weighted by molar-refractivity contribution is 7.89. The molecule has 2 N–H and O–H groups in total. The van der Waals surface area contributed by atoms with E-state index in [1.165, 1.54) is 13.0 Å². The molecule has 0 atom stereocenters. The van der Waals surface area contributed by atoms with Gasteiger partial charge in [0.1, 0.15) is 10.7 Å². The topological polar surface area (TPSA) is 86.7 Å². The summed E-state index contributed by atoms with van der Waals surface area (Å²) in [5.41, 5.74) is 0.183. The number of amides is 1. The zero-order valence-corrected chi connectivity index (χ0v) is 12.8. The molecular weight excluding hydrogens is 299 g/mol. The standard InChI is InChI=1S/C13H19FN2O4S/c1-3-6-16(7-8-17)21(19,20)13-5-4-11(9-12(13)14)15-10(2)18/h4-5,9,17H,3,6-8H2,1-2H3,(H,15,18). The van der Waals surface area contributed by atoms with E-state index in [1.54, 1.807) is 6.92 Å². The van der Waals surface area contributed by atoms with Crippen LogP contribution in [0.4, 0.5) is 10.1 Å². The van der Waals surface area contributed by atoms with Gasteiger partial charge in [-0.2, -0.15) is 4.31 Å². The van der Waals surface area contributed by atoms with E-state index in [-0.39, 0.29) is 31.3 Å². The van der Waals surface area contributed by atoms with E-state index in [4.69, 9.17) is 5.11 Å². The second-order valence-corrected chi connectivity index (χ2v) is 6.36. The first kappa shape index (κ1) is 17.5. The predicted molar refractivity (Wildman–Crippen MR) is 76.8 cm³/mol. The maximum Gasteiger partial charge on any atom is 0.246 e. The van der Waals surface area contributed by atoms with Gasteiger partial charge in [-0.1, -0.05) is 6.92 Å². The van der Waals surface area contributed by atoms with Crippen LogP contribution in [0, 0.1) is 5.82 Å². The molecule has 0 saturated carbocycles. The minimum atomic E-state index is -4.02. The number of carbonyl (C=O) groups is 1. The van der Waals surface area contributed by atoms with E-state index in [1.807, 2.05) is 0 Å². The summed E-state index contributed by atoms with van der Waals surface area (Å²) in [6, 6.07) is 3.38. The Labute approximate surface area is 123 Å². The predicted octanol–water partition coefficient (Wildman–Crippen LogP) is 1.18. The molecule has 0 saturated heterocycles. The van der Waals surface area contributed by atoms with Crippen molar-refractivity contribution in [2.45, 2.75) is 25.2 Å². The average Bonchev–Trinajstić information content (AvgIpc) is 2.37. The van der Waals surface area contributed by atoms with Crippen LogP contribution in [0.15, 0.2) is 23.1 Å². The smallest absolute Gasteiger partial charge is 0.246 e. The first-order chi connectivity index (χ1) is 9.82. The van der Waals surface area contributed by atoms with E-state index in [0.29, 0.717) is 6.42 Å². The van der Waals surface area contributed by atoms with Crippen LogP contribution in [0.25, 0.3) is 0 Å². The molecule has 1 aromatic rings. The number of hydrogen-bond donors (Lipinski definition) is 2. The molecule has 1 amide bonds. The van der Waals surface area contributed by atoms with E-state index in [2.05, 4.69) is 5.32 Å². The Balaban J connectivity index is 3.15. The fourth-order valence-corrected chi connectivity index (χ4v) is 3.41. The Bertz CT molecular complexity index is 598. The normalized spacial score (nSPS) is 11.7. The quantitative estimate of drug-likeness (QED) is 0.790. The van der Waals surface area contributed by atoms with Crippen molar-refractivity contribution in [2.75, 3.05) is 25.0 Å². The van der Waals surface area contributed by atoms with Crippen molar-refractivity contribution < 1.29 is 22.7 Å². The number of carbonyl (C=O) groups excluding carboxylic acids is 1. The van der Waals surface area contributed by atoms with Gasteiger partial charge >= 0.3 is 0 Å². The van der Waals surface area contributed by atoms with E-state index in [0.717, 1.165) is 16.4 Å². The molecule has 0 aliphatic carbocycles. The van der Waals surface area contributed by atoms with Crippen LogP contribution in [-0.4, -0.2) is 43.4 Å². The molecule has 0 unspecified atom stereocenters. The van der Waals surface area contributed by atoms with Gasteiger partial charge in [0.05, 0.1) is 6.61 Å². The van der Waals surface area contributed by atoms with Crippen molar-refractivity contribution >= 4 is 21.6 Å². The lowest BCUT2D eigenvalue weighted by molar-refractivity contribution is -0.114. The Morgan fingerprint density at radius 2 is 2.05 bits per heavy atom. The van der Waals surface area contributed by atoms with Crippen LogP contribution in [0.1, 0.15) is 20.3 Å². The Morgan fingerprint density at radius 3 is 2.52 bits per heavy atom. The molecule has 1 rings (SSSR count). The highest BCUT2D eigenvalue weighted by Crippen LogP contribution is 2.22. The van der Waals surface area contributed by atoms with Gasteiger partial charge in [0.2, 0.25) is 15.9 Å². The summed E-state index contributed by atoms with van der Waals surface area (Å²) in [4.78, 5) is 10.4. The summed E-state index contributed by atoms with van der Waals surface area (Å²) in [5, 5.41) is 11.3. The fourth-order valence-electron chi connectivity index (χ4n) is 1.84. The zero-order chi connectivity index (χ0) is 16.0. The van der Waals surface area contributed by atoms with Crippen LogP contribution >= 0.6 is 0 Å². The second-order valence-electron chi connectivity index (χ2n) is 4.45. The molecule has 0 aliphatic heterocycles. The Kier molecular flexibility index (Phi) is 6.25. The number of hydrogen-bond acceptors (Lipinski definition) is 4. The van der Waals surface area contributed by atoms with Crippen molar-refractivity contribution in [1.82, 2.24) is 4.31 Å². The zero-order valence-electron chi connectivity index (χ0n) is 12.0. The molecule has 0 bridgehead atoms. The van der Waals surface area contributed by atoms with E-state index < -0.39 is 20.7 Å². The number of aliphatic hydroxyl groups excluding tert-OH is 1. The fraction of sp³-hybridized carbons (Fsp3) is 0.462. The van der Waals surface area contributed by atoms with Gasteiger partial charge in [-0.15, -0.1) is 0 Å². The SMILES string of the molecule is CCCN(CCO)S(=O)(=O)c1ccc(NC(C)=O)cc1F. The molecule has 6 nitrogen and oxygen atoms in total. The number of anilines is 1. The maximum atomic E-state index is 14.0. The largest absolute Gasteiger partial charge is 0.395 e. The molecule has 0 radical (unpaired) electrons. The highest BCUT2D eigenvalue weighted by atomic mass is 32.2. The molecule has 21 heavy (non-hydrogen) atoms. The average molecular weight is 318 g/mol. The van der Waals surface area contributed by atoms with Crippen molar-refractivity contribution in [1.29, 1.82) is 0 Å². The number of rotatable bonds is 7. The third-order valence-electron chi connectivity index (χ3n) is 2.69. The molecule has 0 spiro atoms. The second kappa shape index (κ2) is 7.48. The van der Waals surface area contributed by atoms with Gasteiger partial charge in [0, 0.05) is 25.7 Å². The van der Waals surface area contributed by atoms with Gasteiger partial charge in [0.25, 0.3) is 0 Å². The third-order valence-corrected chi connectivity index (χ3v) is 4.62. The van der Waals surface area contributed by atoms with Crippen molar-refractivity contribution in [3.8, 4) is 0 Å². The van der Waals surface area contributed by atoms with Gasteiger partial charge in [-0.25, -0.2) is 12.8 Å². The lowest BCUT2D eigenvalue weighted by Gasteiger charge is -2.21. The third kappa shape index (κ3) is 4.48. The summed E-state index contributed by atoms with van der Waals surface area (Å²) in [5.74, 6) is -1.32. The lowest BCUT2D eigenvalue weighted by atomic mass is 10.3. The van der Waals surface area contributed by atoms with Crippen LogP contribution in [-0.2, 0) is 14.8 Å². The number of aliphatic hydroxyl groups is 1. The summed E-state index contributed by atoms with van der Waals surface area (Å²) in [6.45, 7) is 2.81. The van der Waals surface area contributed by atoms with Gasteiger partial charge in [0.15, 0.2) is 0 Å². The monoisotopic (exact) mass is 318 g/mol. The van der Waals surface area contributed by atoms with Gasteiger partial charge in [-0.3, -0.25) is 4.79 Å². The molecular formula is C13H19FN2O4S. The maximum absolute atomic E-state index is 14.0. The van der Waals surface area contributed by atoms with Crippen LogP contribution in [0.3, 0.4) is 0 Å². The molecule has 0 fully saturated rings. The van der Waals surface area contributed by atoms with Crippen molar-refractivity contribution in [3.05, 3.63) is 24.0 Å². The van der Waals surface area contributed by atoms with Gasteiger partial charge in [-0.05, 0) is 24.6 Å². The summed E-state index contributed by atoms with van der Waals surface area (Å²) >= 11 is 0. The van der Waals surface area contributed by atoms with E-state index >= 15 is 0 Å². The number of nitrogens with zero attached hydrogens (tertiary/aromatic N) is 1. The number of benzene rings is 1. The molecule has 0 aromatic heterocycles. The summed E-state index contributed by atoms with van der Waals surface area (Å²) in [7, 11) is -4.02. The molecule has 1 aromatic carbocycles. The number of halogens is 1. The van der Waals surface area contributed by atoms with Crippen LogP contribution in [0.5, 0.6) is 0 Å². The summed E-state index contributed by atoms with van der Waals surface area (Å²) < 4.78 is 39.8. The Morgan fingerprint density at radius 1 is 1.38 bits per heavy atom. The number of sulfonamides is 1. The molecule has 0 heterocycles. The van der Waals surface area contributed by atoms with Crippen LogP contribution < -0.4 is 5.32 Å². The molecule has 118 valence electrons. The Hall–Kier alpha value is -1.51. The minimum absolute atomic E-state index is 0.0942. The van der Waals surface area contributed by atoms with Crippen LogP contribution in [0.2, 0.25) is 0 Å². The first-order valence-corrected chi connectivity index (χ1v) is 7.95. The lowest BCUT2D eigenvalue weighted by Crippen LogP contribution is -2.34.